The van der Waals surface area contributed by atoms with Crippen molar-refractivity contribution in [1.29, 1.82) is 0 Å². The lowest BCUT2D eigenvalue weighted by Gasteiger charge is -2.04. The molecule has 0 radical (unpaired) electrons. The second-order valence-electron chi connectivity index (χ2n) is 3.80. The highest BCUT2D eigenvalue weighted by molar-refractivity contribution is 5.98. The molecule has 1 N–H and O–H groups in total. The molecule has 2 aromatic rings. The van der Waals surface area contributed by atoms with Gasteiger partial charge in [-0.15, -0.1) is 0 Å². The first-order valence-corrected chi connectivity index (χ1v) is 5.18. The molecule has 1 heterocycles. The number of aryl methyl sites for hydroxylation is 2. The Morgan fingerprint density at radius 2 is 2.06 bits per heavy atom. The van der Waals surface area contributed by atoms with Gasteiger partial charge in [-0.3, -0.25) is 0 Å². The van der Waals surface area contributed by atoms with Crippen LogP contribution >= 0.6 is 0 Å². The Hall–Kier alpha value is -1.91. The third kappa shape index (κ3) is 1.58. The number of aromatic carboxylic acids is 1. The molecule has 0 aliphatic rings. The van der Waals surface area contributed by atoms with Gasteiger partial charge in [-0.1, -0.05) is 0 Å². The van der Waals surface area contributed by atoms with Gasteiger partial charge in [0.15, 0.2) is 0 Å². The van der Waals surface area contributed by atoms with Gasteiger partial charge in [-0.25, -0.2) is 13.6 Å². The topological polar surface area (TPSA) is 42.2 Å². The second-order valence-corrected chi connectivity index (χ2v) is 3.80. The number of nitrogens with zero attached hydrogens (tertiary/aromatic N) is 1. The summed E-state index contributed by atoms with van der Waals surface area (Å²) in [4.78, 5) is 11.1. The molecule has 90 valence electrons. The van der Waals surface area contributed by atoms with Gasteiger partial charge in [0.1, 0.15) is 17.3 Å². The smallest absolute Gasteiger partial charge is 0.352 e. The van der Waals surface area contributed by atoms with Crippen LogP contribution in [0.15, 0.2) is 12.1 Å². The maximum Gasteiger partial charge on any atom is 0.352 e. The van der Waals surface area contributed by atoms with Crippen LogP contribution in [0.5, 0.6) is 0 Å². The van der Waals surface area contributed by atoms with Crippen molar-refractivity contribution in [2.24, 2.45) is 0 Å². The predicted molar refractivity (Wildman–Crippen MR) is 59.2 cm³/mol. The number of aromatic nitrogens is 1. The van der Waals surface area contributed by atoms with Crippen molar-refractivity contribution in [1.82, 2.24) is 4.57 Å². The summed E-state index contributed by atoms with van der Waals surface area (Å²) in [6, 6.07) is 1.92. The summed E-state index contributed by atoms with van der Waals surface area (Å²) >= 11 is 0. The van der Waals surface area contributed by atoms with Gasteiger partial charge in [0.25, 0.3) is 0 Å². The molecule has 17 heavy (non-hydrogen) atoms. The number of hydrogen-bond acceptors (Lipinski definition) is 1. The summed E-state index contributed by atoms with van der Waals surface area (Å²) in [7, 11) is 0. The van der Waals surface area contributed by atoms with Crippen molar-refractivity contribution in [2.45, 2.75) is 20.4 Å². The van der Waals surface area contributed by atoms with Gasteiger partial charge in [0.05, 0.1) is 5.52 Å². The third-order valence-corrected chi connectivity index (χ3v) is 2.84. The molecule has 0 fully saturated rings. The predicted octanol–water partition coefficient (Wildman–Crippen LogP) is 2.95. The summed E-state index contributed by atoms with van der Waals surface area (Å²) in [5.74, 6) is -2.58. The molecule has 0 aliphatic carbocycles. The van der Waals surface area contributed by atoms with Gasteiger partial charge in [-0.2, -0.15) is 0 Å². The van der Waals surface area contributed by atoms with E-state index in [0.29, 0.717) is 12.1 Å². The van der Waals surface area contributed by atoms with E-state index >= 15 is 0 Å². The minimum atomic E-state index is -1.14. The van der Waals surface area contributed by atoms with Crippen LogP contribution in [0.4, 0.5) is 8.78 Å². The van der Waals surface area contributed by atoms with Crippen LogP contribution in [0.25, 0.3) is 10.9 Å². The van der Waals surface area contributed by atoms with E-state index in [1.807, 2.05) is 0 Å². The number of halogens is 2. The number of fused-ring (bicyclic) bond motifs is 1. The van der Waals surface area contributed by atoms with E-state index in [2.05, 4.69) is 0 Å². The van der Waals surface area contributed by atoms with Gasteiger partial charge in [0.2, 0.25) is 0 Å². The van der Waals surface area contributed by atoms with E-state index in [1.54, 1.807) is 6.92 Å². The molecule has 3 nitrogen and oxygen atoms in total. The fourth-order valence-electron chi connectivity index (χ4n) is 2.19. The van der Waals surface area contributed by atoms with Gasteiger partial charge >= 0.3 is 5.97 Å². The zero-order chi connectivity index (χ0) is 12.7. The first kappa shape index (κ1) is 11.6. The molecule has 0 saturated heterocycles. The highest BCUT2D eigenvalue weighted by Gasteiger charge is 2.21. The summed E-state index contributed by atoms with van der Waals surface area (Å²) in [6.45, 7) is 3.60. The van der Waals surface area contributed by atoms with Crippen molar-refractivity contribution in [3.8, 4) is 0 Å². The molecule has 0 bridgehead atoms. The van der Waals surface area contributed by atoms with Crippen molar-refractivity contribution >= 4 is 16.9 Å². The Kier molecular flexibility index (Phi) is 2.61. The third-order valence-electron chi connectivity index (χ3n) is 2.84. The molecular formula is C12H11F2NO2. The van der Waals surface area contributed by atoms with Gasteiger partial charge in [-0.05, 0) is 25.5 Å². The number of carboxylic acids is 1. The van der Waals surface area contributed by atoms with Crippen LogP contribution in [-0.2, 0) is 6.54 Å². The quantitative estimate of drug-likeness (QED) is 0.875. The SMILES string of the molecule is CCn1c(C(=O)O)c(C)c2c(F)cc(F)cc21. The highest BCUT2D eigenvalue weighted by Crippen LogP contribution is 2.29. The van der Waals surface area contributed by atoms with Crippen molar-refractivity contribution < 1.29 is 18.7 Å². The Bertz CT molecular complexity index is 617. The normalized spacial score (nSPS) is 11.1. The lowest BCUT2D eigenvalue weighted by molar-refractivity contribution is 0.0685. The monoisotopic (exact) mass is 239 g/mol. The highest BCUT2D eigenvalue weighted by atomic mass is 19.1. The first-order valence-electron chi connectivity index (χ1n) is 5.18. The minimum absolute atomic E-state index is 0.00648. The molecule has 0 spiro atoms. The molecular weight excluding hydrogens is 228 g/mol. The van der Waals surface area contributed by atoms with Crippen LogP contribution < -0.4 is 0 Å². The largest absolute Gasteiger partial charge is 0.477 e. The van der Waals surface area contributed by atoms with E-state index in [4.69, 9.17) is 5.11 Å². The number of carbonyl (C=O) groups is 1. The molecule has 2 rings (SSSR count). The molecule has 0 aliphatic heterocycles. The van der Waals surface area contributed by atoms with Crippen molar-refractivity contribution in [2.75, 3.05) is 0 Å². The summed E-state index contributed by atoms with van der Waals surface area (Å²) in [6.07, 6.45) is 0. The van der Waals surface area contributed by atoms with Crippen LogP contribution in [0.1, 0.15) is 23.0 Å². The fraction of sp³-hybridized carbons (Fsp3) is 0.250. The average molecular weight is 239 g/mol. The summed E-state index contributed by atoms with van der Waals surface area (Å²) in [5, 5.41) is 9.27. The van der Waals surface area contributed by atoms with E-state index < -0.39 is 17.6 Å². The maximum absolute atomic E-state index is 13.7. The summed E-state index contributed by atoms with van der Waals surface area (Å²) < 4.78 is 28.2. The Labute approximate surface area is 96.3 Å². The summed E-state index contributed by atoms with van der Waals surface area (Å²) in [5.41, 5.74) is 0.610. The van der Waals surface area contributed by atoms with E-state index in [-0.39, 0.29) is 16.6 Å². The van der Waals surface area contributed by atoms with Crippen molar-refractivity contribution in [3.05, 3.63) is 35.0 Å². The van der Waals surface area contributed by atoms with Crippen molar-refractivity contribution in [3.63, 3.8) is 0 Å². The molecule has 0 saturated carbocycles. The van der Waals surface area contributed by atoms with Gasteiger partial charge in [0, 0.05) is 18.0 Å². The fourth-order valence-corrected chi connectivity index (χ4v) is 2.19. The molecule has 0 unspecified atom stereocenters. The molecule has 0 amide bonds. The zero-order valence-corrected chi connectivity index (χ0v) is 9.42. The zero-order valence-electron chi connectivity index (χ0n) is 9.42. The van der Waals surface area contributed by atoms with Crippen LogP contribution in [0, 0.1) is 18.6 Å². The van der Waals surface area contributed by atoms with Crippen LogP contribution in [0.3, 0.4) is 0 Å². The molecule has 1 aromatic heterocycles. The Morgan fingerprint density at radius 1 is 1.41 bits per heavy atom. The lowest BCUT2D eigenvalue weighted by Crippen LogP contribution is -2.08. The number of benzene rings is 1. The number of hydrogen-bond donors (Lipinski definition) is 1. The van der Waals surface area contributed by atoms with Gasteiger partial charge < -0.3 is 9.67 Å². The Morgan fingerprint density at radius 3 is 2.59 bits per heavy atom. The van der Waals surface area contributed by atoms with E-state index in [1.165, 1.54) is 11.5 Å². The maximum atomic E-state index is 13.7. The first-order chi connectivity index (χ1) is 7.97. The second kappa shape index (κ2) is 3.84. The van der Waals surface area contributed by atoms with E-state index in [0.717, 1.165) is 12.1 Å². The molecule has 1 aromatic carbocycles. The molecule has 5 heteroatoms. The minimum Gasteiger partial charge on any atom is -0.477 e. The molecule has 0 atom stereocenters. The van der Waals surface area contributed by atoms with Crippen LogP contribution in [0.2, 0.25) is 0 Å². The van der Waals surface area contributed by atoms with Crippen LogP contribution in [-0.4, -0.2) is 15.6 Å². The Balaban J connectivity index is 2.99. The average Bonchev–Trinajstić information content (AvgIpc) is 2.50. The standard InChI is InChI=1S/C12H11F2NO2/c1-3-15-9-5-7(13)4-8(14)10(9)6(2)11(15)12(16)17/h4-5H,3H2,1-2H3,(H,16,17). The lowest BCUT2D eigenvalue weighted by atomic mass is 10.1. The number of rotatable bonds is 2. The number of carboxylic acid groups (broad SMARTS) is 1. The van der Waals surface area contributed by atoms with E-state index in [9.17, 15) is 13.6 Å².